The molecule has 1 heterocycles. The summed E-state index contributed by atoms with van der Waals surface area (Å²) in [5, 5.41) is 9.05. The number of aliphatic carboxylic acids is 1. The van der Waals surface area contributed by atoms with Crippen LogP contribution in [0, 0.1) is 0 Å². The van der Waals surface area contributed by atoms with E-state index in [-0.39, 0.29) is 19.0 Å². The highest BCUT2D eigenvalue weighted by molar-refractivity contribution is 6.20. The van der Waals surface area contributed by atoms with Gasteiger partial charge in [0.05, 0.1) is 11.4 Å². The van der Waals surface area contributed by atoms with Crippen LogP contribution >= 0.6 is 0 Å². The second-order valence-corrected chi connectivity index (χ2v) is 4.92. The Morgan fingerprint density at radius 1 is 1.09 bits per heavy atom. The molecule has 1 aliphatic rings. The smallest absolute Gasteiger partial charge is 0.323 e. The lowest BCUT2D eigenvalue weighted by Crippen LogP contribution is -2.37. The second kappa shape index (κ2) is 5.81. The second-order valence-electron chi connectivity index (χ2n) is 4.92. The third-order valence-corrected chi connectivity index (χ3v) is 3.46. The van der Waals surface area contributed by atoms with Crippen LogP contribution in [0.25, 0.3) is 0 Å². The molecule has 5 heteroatoms. The molecule has 0 bridgehead atoms. The molecule has 0 aliphatic carbocycles. The SMILES string of the molecule is O=C(O)CN1C(=O)CN=C(c2ccccc2)c2ccccc21. The van der Waals surface area contributed by atoms with E-state index < -0.39 is 5.97 Å². The van der Waals surface area contributed by atoms with Crippen molar-refractivity contribution < 1.29 is 14.7 Å². The first-order chi connectivity index (χ1) is 10.7. The molecule has 2 aromatic carbocycles. The maximum Gasteiger partial charge on any atom is 0.323 e. The molecule has 0 saturated heterocycles. The number of nitrogens with zero attached hydrogens (tertiary/aromatic N) is 2. The van der Waals surface area contributed by atoms with Crippen LogP contribution in [0.2, 0.25) is 0 Å². The van der Waals surface area contributed by atoms with Gasteiger partial charge >= 0.3 is 5.97 Å². The van der Waals surface area contributed by atoms with Crippen LogP contribution in [0.1, 0.15) is 11.1 Å². The molecule has 0 spiro atoms. The highest BCUT2D eigenvalue weighted by atomic mass is 16.4. The van der Waals surface area contributed by atoms with Crippen molar-refractivity contribution in [2.45, 2.75) is 0 Å². The van der Waals surface area contributed by atoms with E-state index in [9.17, 15) is 9.59 Å². The molecular weight excluding hydrogens is 280 g/mol. The van der Waals surface area contributed by atoms with E-state index >= 15 is 0 Å². The van der Waals surface area contributed by atoms with Crippen molar-refractivity contribution in [1.82, 2.24) is 0 Å². The monoisotopic (exact) mass is 294 g/mol. The minimum Gasteiger partial charge on any atom is -0.480 e. The van der Waals surface area contributed by atoms with Gasteiger partial charge in [0.15, 0.2) is 0 Å². The van der Waals surface area contributed by atoms with Gasteiger partial charge in [-0.3, -0.25) is 19.5 Å². The number of hydrogen-bond acceptors (Lipinski definition) is 3. The van der Waals surface area contributed by atoms with Gasteiger partial charge in [0.1, 0.15) is 13.1 Å². The van der Waals surface area contributed by atoms with Gasteiger partial charge < -0.3 is 5.11 Å². The fourth-order valence-corrected chi connectivity index (χ4v) is 2.51. The maximum atomic E-state index is 12.2. The van der Waals surface area contributed by atoms with Crippen LogP contribution in [-0.2, 0) is 9.59 Å². The number of benzene rings is 2. The molecule has 5 nitrogen and oxygen atoms in total. The van der Waals surface area contributed by atoms with Gasteiger partial charge in [-0.05, 0) is 6.07 Å². The normalized spacial score (nSPS) is 14.1. The van der Waals surface area contributed by atoms with Crippen molar-refractivity contribution in [3.8, 4) is 0 Å². The summed E-state index contributed by atoms with van der Waals surface area (Å²) >= 11 is 0. The Kier molecular flexibility index (Phi) is 3.70. The number of hydrogen-bond donors (Lipinski definition) is 1. The Balaban J connectivity index is 2.14. The number of aliphatic imine (C=N–C) groups is 1. The lowest BCUT2D eigenvalue weighted by Gasteiger charge is -2.20. The Bertz CT molecular complexity index is 754. The number of carboxylic acids is 1. The third kappa shape index (κ3) is 2.61. The van der Waals surface area contributed by atoms with E-state index in [1.165, 1.54) is 4.90 Å². The van der Waals surface area contributed by atoms with Crippen LogP contribution in [0.5, 0.6) is 0 Å². The third-order valence-electron chi connectivity index (χ3n) is 3.46. The lowest BCUT2D eigenvalue weighted by molar-refractivity contribution is -0.136. The number of amides is 1. The van der Waals surface area contributed by atoms with Crippen LogP contribution in [-0.4, -0.2) is 35.8 Å². The summed E-state index contributed by atoms with van der Waals surface area (Å²) in [6, 6.07) is 16.8. The predicted octanol–water partition coefficient (Wildman–Crippen LogP) is 1.96. The van der Waals surface area contributed by atoms with Crippen LogP contribution in [0.15, 0.2) is 59.6 Å². The van der Waals surface area contributed by atoms with Crippen LogP contribution in [0.3, 0.4) is 0 Å². The molecule has 22 heavy (non-hydrogen) atoms. The molecule has 3 rings (SSSR count). The molecule has 0 saturated carbocycles. The molecule has 0 fully saturated rings. The van der Waals surface area contributed by atoms with E-state index in [0.717, 1.165) is 11.1 Å². The van der Waals surface area contributed by atoms with Crippen molar-refractivity contribution >= 4 is 23.3 Å². The molecule has 1 amide bonds. The summed E-state index contributed by atoms with van der Waals surface area (Å²) in [6.07, 6.45) is 0. The molecule has 1 N–H and O–H groups in total. The number of carbonyl (C=O) groups is 2. The molecule has 0 atom stereocenters. The number of para-hydroxylation sites is 1. The number of carbonyl (C=O) groups excluding carboxylic acids is 1. The summed E-state index contributed by atoms with van der Waals surface area (Å²) in [4.78, 5) is 29.0. The summed E-state index contributed by atoms with van der Waals surface area (Å²) in [6.45, 7) is -0.431. The van der Waals surface area contributed by atoms with Crippen molar-refractivity contribution in [2.24, 2.45) is 4.99 Å². The molecule has 0 radical (unpaired) electrons. The molecule has 1 aliphatic heterocycles. The van der Waals surface area contributed by atoms with Gasteiger partial charge in [-0.25, -0.2) is 0 Å². The quantitative estimate of drug-likeness (QED) is 0.940. The number of anilines is 1. The summed E-state index contributed by atoms with van der Waals surface area (Å²) in [5.74, 6) is -1.37. The van der Waals surface area contributed by atoms with Crippen molar-refractivity contribution in [3.63, 3.8) is 0 Å². The zero-order valence-corrected chi connectivity index (χ0v) is 11.8. The van der Waals surface area contributed by atoms with E-state index in [1.807, 2.05) is 42.5 Å². The van der Waals surface area contributed by atoms with Crippen molar-refractivity contribution in [2.75, 3.05) is 18.0 Å². The molecule has 110 valence electrons. The Labute approximate surface area is 127 Å². The molecular formula is C17H14N2O3. The van der Waals surface area contributed by atoms with Crippen molar-refractivity contribution in [3.05, 3.63) is 65.7 Å². The first-order valence-electron chi connectivity index (χ1n) is 6.88. The maximum absolute atomic E-state index is 12.2. The average Bonchev–Trinajstić information content (AvgIpc) is 2.66. The van der Waals surface area contributed by atoms with Crippen LogP contribution in [0.4, 0.5) is 5.69 Å². The molecule has 2 aromatic rings. The van der Waals surface area contributed by atoms with E-state index in [4.69, 9.17) is 5.11 Å². The fraction of sp³-hybridized carbons (Fsp3) is 0.118. The number of fused-ring (bicyclic) bond motifs is 1. The van der Waals surface area contributed by atoms with Gasteiger partial charge in [0, 0.05) is 11.1 Å². The lowest BCUT2D eigenvalue weighted by atomic mass is 10.0. The van der Waals surface area contributed by atoms with Gasteiger partial charge in [-0.15, -0.1) is 0 Å². The summed E-state index contributed by atoms with van der Waals surface area (Å²) in [7, 11) is 0. The molecule has 0 aromatic heterocycles. The minimum atomic E-state index is -1.05. The summed E-state index contributed by atoms with van der Waals surface area (Å²) < 4.78 is 0. The van der Waals surface area contributed by atoms with Gasteiger partial charge in [-0.1, -0.05) is 48.5 Å². The van der Waals surface area contributed by atoms with Gasteiger partial charge in [0.2, 0.25) is 5.91 Å². The number of carboxylic acid groups (broad SMARTS) is 1. The largest absolute Gasteiger partial charge is 0.480 e. The topological polar surface area (TPSA) is 70.0 Å². The Hall–Kier alpha value is -2.95. The van der Waals surface area contributed by atoms with Crippen molar-refractivity contribution in [1.29, 1.82) is 0 Å². The van der Waals surface area contributed by atoms with Gasteiger partial charge in [-0.2, -0.15) is 0 Å². The highest BCUT2D eigenvalue weighted by Gasteiger charge is 2.26. The standard InChI is InChI=1S/C17H14N2O3/c20-15-10-18-17(12-6-2-1-3-7-12)13-8-4-5-9-14(13)19(15)11-16(21)22/h1-9H,10-11H2,(H,21,22). The van der Waals surface area contributed by atoms with E-state index in [0.29, 0.717) is 11.4 Å². The first kappa shape index (κ1) is 14.0. The van der Waals surface area contributed by atoms with E-state index in [2.05, 4.69) is 4.99 Å². The fourth-order valence-electron chi connectivity index (χ4n) is 2.51. The Morgan fingerprint density at radius 3 is 2.50 bits per heavy atom. The zero-order chi connectivity index (χ0) is 15.5. The zero-order valence-electron chi connectivity index (χ0n) is 11.8. The average molecular weight is 294 g/mol. The minimum absolute atomic E-state index is 0.0633. The molecule has 0 unspecified atom stereocenters. The number of rotatable bonds is 3. The van der Waals surface area contributed by atoms with Gasteiger partial charge in [0.25, 0.3) is 0 Å². The number of benzodiazepines with no additional fused rings is 1. The van der Waals surface area contributed by atoms with E-state index in [1.54, 1.807) is 12.1 Å². The predicted molar refractivity (Wildman–Crippen MR) is 83.4 cm³/mol. The summed E-state index contributed by atoms with van der Waals surface area (Å²) in [5.41, 5.74) is 2.95. The first-order valence-corrected chi connectivity index (χ1v) is 6.88. The van der Waals surface area contributed by atoms with Crippen LogP contribution < -0.4 is 4.90 Å². The highest BCUT2D eigenvalue weighted by Crippen LogP contribution is 2.26. The Morgan fingerprint density at radius 2 is 1.77 bits per heavy atom.